The van der Waals surface area contributed by atoms with Crippen LogP contribution in [0.5, 0.6) is 5.75 Å². The SMILES string of the molecule is COc1cnccc1-c1noc(-c2nnn(Cc3ccc(CN4CCOCC4)cc3)c2N)n1. The lowest BCUT2D eigenvalue weighted by molar-refractivity contribution is 0.0342. The maximum Gasteiger partial charge on any atom is 0.282 e. The standard InChI is InChI=1S/C22H24N8O3/c1-31-18-12-24-7-6-17(18)21-25-22(33-27-21)19-20(23)30(28-26-19)14-16-4-2-15(3-5-16)13-29-8-10-32-11-9-29/h2-7,12H,8-11,13-14,23H2,1H3. The second-order valence-corrected chi connectivity index (χ2v) is 7.69. The van der Waals surface area contributed by atoms with E-state index in [1.807, 2.05) is 0 Å². The van der Waals surface area contributed by atoms with Crippen molar-refractivity contribution in [2.24, 2.45) is 0 Å². The van der Waals surface area contributed by atoms with Gasteiger partial charge in [-0.2, -0.15) is 4.98 Å². The maximum atomic E-state index is 6.30. The number of anilines is 1. The minimum absolute atomic E-state index is 0.188. The van der Waals surface area contributed by atoms with Gasteiger partial charge in [0.25, 0.3) is 5.89 Å². The summed E-state index contributed by atoms with van der Waals surface area (Å²) in [5.74, 6) is 1.44. The molecule has 0 aliphatic carbocycles. The fourth-order valence-electron chi connectivity index (χ4n) is 3.69. The number of nitrogens with zero attached hydrogens (tertiary/aromatic N) is 7. The Balaban J connectivity index is 1.29. The molecule has 33 heavy (non-hydrogen) atoms. The van der Waals surface area contributed by atoms with Crippen LogP contribution in [0.2, 0.25) is 0 Å². The van der Waals surface area contributed by atoms with Crippen molar-refractivity contribution in [3.05, 3.63) is 53.9 Å². The van der Waals surface area contributed by atoms with Gasteiger partial charge in [0.2, 0.25) is 5.82 Å². The van der Waals surface area contributed by atoms with Gasteiger partial charge < -0.3 is 19.7 Å². The molecule has 170 valence electrons. The number of pyridine rings is 1. The zero-order valence-corrected chi connectivity index (χ0v) is 18.2. The van der Waals surface area contributed by atoms with Crippen LogP contribution in [0.25, 0.3) is 23.0 Å². The highest BCUT2D eigenvalue weighted by atomic mass is 16.5. The summed E-state index contributed by atoms with van der Waals surface area (Å²) in [6, 6.07) is 10.2. The van der Waals surface area contributed by atoms with E-state index in [0.29, 0.717) is 35.2 Å². The molecular weight excluding hydrogens is 424 g/mol. The third kappa shape index (κ3) is 4.54. The van der Waals surface area contributed by atoms with Crippen molar-refractivity contribution in [3.8, 4) is 28.7 Å². The lowest BCUT2D eigenvalue weighted by Crippen LogP contribution is -2.35. The fraction of sp³-hybridized carbons (Fsp3) is 0.318. The Morgan fingerprint density at radius 2 is 1.82 bits per heavy atom. The molecule has 4 aromatic rings. The van der Waals surface area contributed by atoms with Crippen molar-refractivity contribution in [2.75, 3.05) is 39.1 Å². The maximum absolute atomic E-state index is 6.30. The van der Waals surface area contributed by atoms with E-state index in [4.69, 9.17) is 19.7 Å². The van der Waals surface area contributed by atoms with E-state index in [-0.39, 0.29) is 5.89 Å². The summed E-state index contributed by atoms with van der Waals surface area (Å²) in [5, 5.41) is 12.4. The van der Waals surface area contributed by atoms with Crippen LogP contribution in [0.3, 0.4) is 0 Å². The minimum Gasteiger partial charge on any atom is -0.494 e. The fourth-order valence-corrected chi connectivity index (χ4v) is 3.69. The molecule has 0 radical (unpaired) electrons. The smallest absolute Gasteiger partial charge is 0.282 e. The molecule has 1 fully saturated rings. The van der Waals surface area contributed by atoms with E-state index < -0.39 is 0 Å². The predicted molar refractivity (Wildman–Crippen MR) is 119 cm³/mol. The molecular formula is C22H24N8O3. The highest BCUT2D eigenvalue weighted by molar-refractivity contribution is 5.67. The lowest BCUT2D eigenvalue weighted by Gasteiger charge is -2.26. The van der Waals surface area contributed by atoms with Gasteiger partial charge in [-0.25, -0.2) is 4.68 Å². The summed E-state index contributed by atoms with van der Waals surface area (Å²) in [6.45, 7) is 4.92. The van der Waals surface area contributed by atoms with E-state index in [0.717, 1.165) is 38.4 Å². The average Bonchev–Trinajstić information content (AvgIpc) is 3.48. The average molecular weight is 448 g/mol. The zero-order chi connectivity index (χ0) is 22.6. The molecule has 3 aromatic heterocycles. The first-order chi connectivity index (χ1) is 16.2. The molecule has 11 heteroatoms. The molecule has 0 amide bonds. The Bertz CT molecular complexity index is 1210. The number of hydrogen-bond donors (Lipinski definition) is 1. The van der Waals surface area contributed by atoms with Crippen LogP contribution in [0.1, 0.15) is 11.1 Å². The monoisotopic (exact) mass is 448 g/mol. The number of ether oxygens (including phenoxy) is 2. The van der Waals surface area contributed by atoms with Gasteiger partial charge in [0.1, 0.15) is 5.75 Å². The van der Waals surface area contributed by atoms with Gasteiger partial charge in [-0.15, -0.1) is 5.10 Å². The third-order valence-corrected chi connectivity index (χ3v) is 5.51. The molecule has 0 saturated carbocycles. The molecule has 1 aliphatic rings. The number of hydrogen-bond acceptors (Lipinski definition) is 10. The summed E-state index contributed by atoms with van der Waals surface area (Å²) < 4.78 is 17.7. The highest BCUT2D eigenvalue weighted by Gasteiger charge is 2.20. The predicted octanol–water partition coefficient (Wildman–Crippen LogP) is 1.86. The van der Waals surface area contributed by atoms with Gasteiger partial charge in [0, 0.05) is 25.8 Å². The Labute approximate surface area is 190 Å². The summed E-state index contributed by atoms with van der Waals surface area (Å²) in [4.78, 5) is 10.8. The first kappa shape index (κ1) is 21.0. The first-order valence-electron chi connectivity index (χ1n) is 10.6. The number of morpholine rings is 1. The second kappa shape index (κ2) is 9.35. The van der Waals surface area contributed by atoms with Crippen LogP contribution >= 0.6 is 0 Å². The molecule has 0 spiro atoms. The molecule has 0 unspecified atom stereocenters. The first-order valence-corrected chi connectivity index (χ1v) is 10.6. The van der Waals surface area contributed by atoms with Crippen molar-refractivity contribution in [1.82, 2.24) is 35.0 Å². The number of nitrogen functional groups attached to an aromatic ring is 1. The molecule has 2 N–H and O–H groups in total. The van der Waals surface area contributed by atoms with Crippen molar-refractivity contribution in [1.29, 1.82) is 0 Å². The van der Waals surface area contributed by atoms with Crippen molar-refractivity contribution < 1.29 is 14.0 Å². The largest absolute Gasteiger partial charge is 0.494 e. The summed E-state index contributed by atoms with van der Waals surface area (Å²) >= 11 is 0. The third-order valence-electron chi connectivity index (χ3n) is 5.51. The van der Waals surface area contributed by atoms with E-state index >= 15 is 0 Å². The molecule has 1 aromatic carbocycles. The minimum atomic E-state index is 0.188. The van der Waals surface area contributed by atoms with E-state index in [9.17, 15) is 0 Å². The number of aromatic nitrogens is 6. The molecule has 11 nitrogen and oxygen atoms in total. The Kier molecular flexibility index (Phi) is 5.96. The van der Waals surface area contributed by atoms with Gasteiger partial charge in [0.15, 0.2) is 11.5 Å². The van der Waals surface area contributed by atoms with E-state index in [1.165, 1.54) is 5.56 Å². The van der Waals surface area contributed by atoms with Crippen LogP contribution < -0.4 is 10.5 Å². The van der Waals surface area contributed by atoms with Gasteiger partial charge in [-0.3, -0.25) is 9.88 Å². The van der Waals surface area contributed by atoms with Crippen LogP contribution in [-0.4, -0.2) is 68.4 Å². The molecule has 0 bridgehead atoms. The number of rotatable bonds is 7. The quantitative estimate of drug-likeness (QED) is 0.447. The van der Waals surface area contributed by atoms with Crippen LogP contribution in [0.15, 0.2) is 47.2 Å². The highest BCUT2D eigenvalue weighted by Crippen LogP contribution is 2.29. The van der Waals surface area contributed by atoms with Crippen LogP contribution in [0, 0.1) is 0 Å². The van der Waals surface area contributed by atoms with E-state index in [2.05, 4.69) is 54.6 Å². The summed E-state index contributed by atoms with van der Waals surface area (Å²) in [5.41, 5.74) is 9.62. The van der Waals surface area contributed by atoms with E-state index in [1.54, 1.807) is 30.3 Å². The topological polar surface area (TPSA) is 130 Å². The second-order valence-electron chi connectivity index (χ2n) is 7.69. The Hall–Kier alpha value is -3.83. The van der Waals surface area contributed by atoms with Gasteiger partial charge in [-0.05, 0) is 17.2 Å². The number of methoxy groups -OCH3 is 1. The number of nitrogens with two attached hydrogens (primary N) is 1. The molecule has 1 saturated heterocycles. The lowest BCUT2D eigenvalue weighted by atomic mass is 10.1. The molecule has 0 atom stereocenters. The Morgan fingerprint density at radius 3 is 2.58 bits per heavy atom. The van der Waals surface area contributed by atoms with Gasteiger partial charge in [-0.1, -0.05) is 34.6 Å². The number of benzene rings is 1. The van der Waals surface area contributed by atoms with Gasteiger partial charge in [0.05, 0.1) is 38.6 Å². The van der Waals surface area contributed by atoms with Gasteiger partial charge >= 0.3 is 0 Å². The van der Waals surface area contributed by atoms with Crippen LogP contribution in [0.4, 0.5) is 5.82 Å². The summed E-state index contributed by atoms with van der Waals surface area (Å²) in [7, 11) is 1.56. The zero-order valence-electron chi connectivity index (χ0n) is 18.2. The molecule has 5 rings (SSSR count). The van der Waals surface area contributed by atoms with Crippen LogP contribution in [-0.2, 0) is 17.8 Å². The van der Waals surface area contributed by atoms with Crippen molar-refractivity contribution in [3.63, 3.8) is 0 Å². The Morgan fingerprint density at radius 1 is 1.06 bits per heavy atom. The van der Waals surface area contributed by atoms with Crippen molar-refractivity contribution in [2.45, 2.75) is 13.1 Å². The normalized spacial score (nSPS) is 14.5. The molecule has 1 aliphatic heterocycles. The van der Waals surface area contributed by atoms with Crippen molar-refractivity contribution >= 4 is 5.82 Å². The molecule has 4 heterocycles. The summed E-state index contributed by atoms with van der Waals surface area (Å²) in [6.07, 6.45) is 3.22.